The second-order valence-electron chi connectivity index (χ2n) is 3.48. The summed E-state index contributed by atoms with van der Waals surface area (Å²) in [5, 5.41) is 2.21. The number of thiophene rings is 1. The van der Waals surface area contributed by atoms with Crippen molar-refractivity contribution in [1.82, 2.24) is 0 Å². The molecule has 1 unspecified atom stereocenters. The number of hydrogen-bond donors (Lipinski definition) is 0. The van der Waals surface area contributed by atoms with Crippen LogP contribution in [0.3, 0.4) is 0 Å². The molecule has 0 amide bonds. The molecule has 1 heterocycles. The average Bonchev–Trinajstić information content (AvgIpc) is 2.68. The maximum Gasteiger partial charge on any atom is 0.0656 e. The molecule has 2 aromatic rings. The van der Waals surface area contributed by atoms with Crippen LogP contribution in [-0.2, 0) is 6.42 Å². The lowest BCUT2D eigenvalue weighted by Gasteiger charge is -2.07. The van der Waals surface area contributed by atoms with E-state index in [9.17, 15) is 0 Å². The zero-order valence-corrected chi connectivity index (χ0v) is 13.6. The lowest BCUT2D eigenvalue weighted by atomic mass is 10.1. The van der Waals surface area contributed by atoms with Gasteiger partial charge in [0.2, 0.25) is 0 Å². The zero-order chi connectivity index (χ0) is 11.5. The van der Waals surface area contributed by atoms with Crippen LogP contribution in [0.2, 0.25) is 0 Å². The molecule has 16 heavy (non-hydrogen) atoms. The summed E-state index contributed by atoms with van der Waals surface area (Å²) in [5.74, 6) is 0. The molecule has 0 radical (unpaired) electrons. The Balaban J connectivity index is 2.07. The van der Waals surface area contributed by atoms with Crippen LogP contribution >= 0.6 is 61.5 Å². The fourth-order valence-electron chi connectivity index (χ4n) is 1.43. The molecule has 0 nitrogen and oxygen atoms in total. The summed E-state index contributed by atoms with van der Waals surface area (Å²) in [6, 6.07) is 10.5. The van der Waals surface area contributed by atoms with Crippen LogP contribution in [0.25, 0.3) is 0 Å². The highest BCUT2D eigenvalue weighted by Crippen LogP contribution is 2.29. The number of alkyl halides is 1. The Morgan fingerprint density at radius 3 is 2.56 bits per heavy atom. The van der Waals surface area contributed by atoms with Gasteiger partial charge >= 0.3 is 0 Å². The summed E-state index contributed by atoms with van der Waals surface area (Å²) in [6.07, 6.45) is 0.877. The van der Waals surface area contributed by atoms with Gasteiger partial charge in [-0.2, -0.15) is 0 Å². The molecule has 0 spiro atoms. The Kier molecular flexibility index (Phi) is 4.70. The predicted molar refractivity (Wildman–Crippen MR) is 83.5 cm³/mol. The number of hydrogen-bond acceptors (Lipinski definition) is 1. The van der Waals surface area contributed by atoms with Crippen molar-refractivity contribution < 1.29 is 0 Å². The molecular formula is C12H9BrClIS. The van der Waals surface area contributed by atoms with Gasteiger partial charge in [0.1, 0.15) is 0 Å². The minimum absolute atomic E-state index is 0.0703. The van der Waals surface area contributed by atoms with E-state index in [1.54, 1.807) is 11.3 Å². The third-order valence-electron chi connectivity index (χ3n) is 2.28. The summed E-state index contributed by atoms with van der Waals surface area (Å²) in [5.41, 5.74) is 2.49. The molecular weight excluding hydrogens is 418 g/mol. The Morgan fingerprint density at radius 2 is 2.00 bits per heavy atom. The predicted octanol–water partition coefficient (Wildman–Crippen LogP) is 5.64. The highest BCUT2D eigenvalue weighted by atomic mass is 127. The SMILES string of the molecule is ClC(Cc1ccc(Br)cc1)c1csc(I)c1. The second kappa shape index (κ2) is 5.85. The minimum atomic E-state index is 0.0703. The molecule has 2 rings (SSSR count). The fourth-order valence-corrected chi connectivity index (χ4v) is 3.50. The van der Waals surface area contributed by atoms with Crippen molar-refractivity contribution in [3.63, 3.8) is 0 Å². The van der Waals surface area contributed by atoms with E-state index in [0.29, 0.717) is 0 Å². The van der Waals surface area contributed by atoms with E-state index >= 15 is 0 Å². The maximum atomic E-state index is 6.39. The van der Waals surface area contributed by atoms with Crippen molar-refractivity contribution in [3.8, 4) is 0 Å². The van der Waals surface area contributed by atoms with Crippen molar-refractivity contribution in [1.29, 1.82) is 0 Å². The zero-order valence-electron chi connectivity index (χ0n) is 8.29. The van der Waals surface area contributed by atoms with Crippen molar-refractivity contribution in [2.75, 3.05) is 0 Å². The summed E-state index contributed by atoms with van der Waals surface area (Å²) >= 11 is 13.9. The summed E-state index contributed by atoms with van der Waals surface area (Å²) in [4.78, 5) is 0. The standard InChI is InChI=1S/C12H9BrClIS/c13-10-3-1-8(2-4-10)5-11(14)9-6-12(15)16-7-9/h1-4,6-7,11H,5H2. The molecule has 1 atom stereocenters. The highest BCUT2D eigenvalue weighted by Gasteiger charge is 2.10. The number of benzene rings is 1. The molecule has 0 aliphatic rings. The third-order valence-corrected chi connectivity index (χ3v) is 5.02. The van der Waals surface area contributed by atoms with E-state index in [2.05, 4.69) is 74.2 Å². The smallest absolute Gasteiger partial charge is 0.0656 e. The molecule has 4 heteroatoms. The Hall–Kier alpha value is 0.420. The van der Waals surface area contributed by atoms with E-state index in [1.807, 2.05) is 0 Å². The first-order chi connectivity index (χ1) is 7.65. The van der Waals surface area contributed by atoms with Gasteiger partial charge in [0.25, 0.3) is 0 Å². The fraction of sp³-hybridized carbons (Fsp3) is 0.167. The van der Waals surface area contributed by atoms with Gasteiger partial charge in [0, 0.05) is 4.47 Å². The largest absolute Gasteiger partial charge is 0.137 e. The quantitative estimate of drug-likeness (QED) is 0.439. The van der Waals surface area contributed by atoms with Crippen LogP contribution < -0.4 is 0 Å². The molecule has 0 saturated carbocycles. The highest BCUT2D eigenvalue weighted by molar-refractivity contribution is 14.1. The topological polar surface area (TPSA) is 0 Å². The van der Waals surface area contributed by atoms with Crippen molar-refractivity contribution in [3.05, 3.63) is 54.2 Å². The van der Waals surface area contributed by atoms with Gasteiger partial charge in [-0.1, -0.05) is 28.1 Å². The molecule has 0 saturated heterocycles. The third kappa shape index (κ3) is 3.45. The van der Waals surface area contributed by atoms with Crippen LogP contribution in [0, 0.1) is 2.88 Å². The lowest BCUT2D eigenvalue weighted by Crippen LogP contribution is -1.93. The maximum absolute atomic E-state index is 6.39. The molecule has 0 N–H and O–H groups in total. The van der Waals surface area contributed by atoms with E-state index in [1.165, 1.54) is 14.0 Å². The van der Waals surface area contributed by atoms with Crippen LogP contribution in [0.15, 0.2) is 40.2 Å². The van der Waals surface area contributed by atoms with Crippen molar-refractivity contribution in [2.45, 2.75) is 11.8 Å². The first-order valence-corrected chi connectivity index (χ1v) is 7.96. The van der Waals surface area contributed by atoms with Gasteiger partial charge in [-0.05, 0) is 63.7 Å². The first kappa shape index (κ1) is 12.9. The summed E-state index contributed by atoms with van der Waals surface area (Å²) in [6.45, 7) is 0. The van der Waals surface area contributed by atoms with Crippen LogP contribution in [0.5, 0.6) is 0 Å². The van der Waals surface area contributed by atoms with E-state index in [4.69, 9.17) is 11.6 Å². The minimum Gasteiger partial charge on any atom is -0.137 e. The molecule has 0 fully saturated rings. The Morgan fingerprint density at radius 1 is 1.31 bits per heavy atom. The Bertz CT molecular complexity index is 466. The molecule has 0 aliphatic carbocycles. The molecule has 0 bridgehead atoms. The average molecular weight is 428 g/mol. The number of rotatable bonds is 3. The summed E-state index contributed by atoms with van der Waals surface area (Å²) < 4.78 is 2.39. The Labute approximate surface area is 126 Å². The van der Waals surface area contributed by atoms with E-state index in [-0.39, 0.29) is 5.38 Å². The summed E-state index contributed by atoms with van der Waals surface area (Å²) in [7, 11) is 0. The van der Waals surface area contributed by atoms with Gasteiger partial charge in [-0.3, -0.25) is 0 Å². The van der Waals surface area contributed by atoms with Gasteiger partial charge < -0.3 is 0 Å². The molecule has 84 valence electrons. The van der Waals surface area contributed by atoms with Crippen molar-refractivity contribution in [2.24, 2.45) is 0 Å². The molecule has 0 aliphatic heterocycles. The lowest BCUT2D eigenvalue weighted by molar-refractivity contribution is 0.924. The second-order valence-corrected chi connectivity index (χ2v) is 7.73. The van der Waals surface area contributed by atoms with Crippen LogP contribution in [0.4, 0.5) is 0 Å². The van der Waals surface area contributed by atoms with E-state index < -0.39 is 0 Å². The van der Waals surface area contributed by atoms with Gasteiger partial charge in [0.15, 0.2) is 0 Å². The number of halogens is 3. The van der Waals surface area contributed by atoms with Crippen LogP contribution in [-0.4, -0.2) is 0 Å². The molecule has 1 aromatic carbocycles. The monoisotopic (exact) mass is 426 g/mol. The van der Waals surface area contributed by atoms with Crippen molar-refractivity contribution >= 4 is 61.5 Å². The van der Waals surface area contributed by atoms with Gasteiger partial charge in [-0.25, -0.2) is 0 Å². The van der Waals surface area contributed by atoms with Gasteiger partial charge in [-0.15, -0.1) is 22.9 Å². The van der Waals surface area contributed by atoms with Crippen LogP contribution in [0.1, 0.15) is 16.5 Å². The normalized spacial score (nSPS) is 12.7. The molecule has 1 aromatic heterocycles. The van der Waals surface area contributed by atoms with E-state index in [0.717, 1.165) is 10.9 Å². The first-order valence-electron chi connectivity index (χ1n) is 4.77. The van der Waals surface area contributed by atoms with Gasteiger partial charge in [0.05, 0.1) is 8.26 Å².